The molecule has 0 aliphatic heterocycles. The molecule has 88 valence electrons. The van der Waals surface area contributed by atoms with Gasteiger partial charge in [0.05, 0.1) is 24.1 Å². The lowest BCUT2D eigenvalue weighted by Crippen LogP contribution is -2.12. The third-order valence-electron chi connectivity index (χ3n) is 2.98. The van der Waals surface area contributed by atoms with Crippen molar-refractivity contribution in [1.82, 2.24) is 19.7 Å². The Morgan fingerprint density at radius 3 is 2.94 bits per heavy atom. The van der Waals surface area contributed by atoms with E-state index in [-0.39, 0.29) is 12.5 Å². The van der Waals surface area contributed by atoms with E-state index in [1.807, 2.05) is 0 Å². The van der Waals surface area contributed by atoms with E-state index in [0.29, 0.717) is 0 Å². The first-order valence-corrected chi connectivity index (χ1v) is 5.52. The van der Waals surface area contributed by atoms with Crippen molar-refractivity contribution >= 4 is 5.95 Å². The van der Waals surface area contributed by atoms with Crippen LogP contribution in [0.1, 0.15) is 11.1 Å². The maximum Gasteiger partial charge on any atom is 0.220 e. The lowest BCUT2D eigenvalue weighted by molar-refractivity contribution is 0.429. The summed E-state index contributed by atoms with van der Waals surface area (Å²) < 4.78 is 14.1. The molecule has 0 atom stereocenters. The third kappa shape index (κ3) is 1.56. The molecule has 2 heterocycles. The monoisotopic (exact) mass is 233 g/mol. The second kappa shape index (κ2) is 3.80. The van der Waals surface area contributed by atoms with Gasteiger partial charge in [-0.25, -0.2) is 14.4 Å². The number of nitrogens with zero attached hydrogens (tertiary/aromatic N) is 4. The molecule has 3 rings (SSSR count). The van der Waals surface area contributed by atoms with Crippen molar-refractivity contribution in [3.05, 3.63) is 23.5 Å². The molecule has 0 bridgehead atoms. The lowest BCUT2D eigenvalue weighted by Gasteiger charge is -2.16. The molecule has 0 saturated carbocycles. The Bertz CT molecular complexity index is 563. The minimum Gasteiger partial charge on any atom is -0.368 e. The van der Waals surface area contributed by atoms with Crippen LogP contribution >= 0.6 is 0 Å². The predicted octanol–water partition coefficient (Wildman–Crippen LogP) is 0.990. The van der Waals surface area contributed by atoms with E-state index in [0.717, 1.165) is 35.4 Å². The summed E-state index contributed by atoms with van der Waals surface area (Å²) in [5.41, 5.74) is 9.44. The van der Waals surface area contributed by atoms with E-state index in [9.17, 15) is 4.39 Å². The highest BCUT2D eigenvalue weighted by atomic mass is 19.1. The summed E-state index contributed by atoms with van der Waals surface area (Å²) in [6.07, 6.45) is 5.30. The van der Waals surface area contributed by atoms with E-state index in [1.54, 1.807) is 17.1 Å². The Kier molecular flexibility index (Phi) is 2.28. The SMILES string of the molecule is Nc1ncc2c(n1)-c1c(cnn1CCF)CC2. The number of rotatable bonds is 2. The van der Waals surface area contributed by atoms with Gasteiger partial charge in [-0.05, 0) is 18.4 Å². The van der Waals surface area contributed by atoms with E-state index < -0.39 is 6.67 Å². The zero-order valence-corrected chi connectivity index (χ0v) is 9.23. The van der Waals surface area contributed by atoms with Gasteiger partial charge >= 0.3 is 0 Å². The number of aryl methyl sites for hydroxylation is 3. The number of hydrogen-bond acceptors (Lipinski definition) is 4. The average molecular weight is 233 g/mol. The van der Waals surface area contributed by atoms with Crippen molar-refractivity contribution in [1.29, 1.82) is 0 Å². The summed E-state index contributed by atoms with van der Waals surface area (Å²) in [5, 5.41) is 4.19. The van der Waals surface area contributed by atoms with Gasteiger partial charge in [-0.15, -0.1) is 0 Å². The highest BCUT2D eigenvalue weighted by molar-refractivity contribution is 5.66. The topological polar surface area (TPSA) is 69.6 Å². The van der Waals surface area contributed by atoms with Gasteiger partial charge in [0.15, 0.2) is 0 Å². The second-order valence-electron chi connectivity index (χ2n) is 4.03. The molecule has 0 spiro atoms. The predicted molar refractivity (Wildman–Crippen MR) is 61.0 cm³/mol. The van der Waals surface area contributed by atoms with Crippen LogP contribution in [0.15, 0.2) is 12.4 Å². The van der Waals surface area contributed by atoms with Gasteiger partial charge < -0.3 is 5.73 Å². The van der Waals surface area contributed by atoms with E-state index in [4.69, 9.17) is 5.73 Å². The van der Waals surface area contributed by atoms with Crippen LogP contribution in [0, 0.1) is 0 Å². The molecule has 5 nitrogen and oxygen atoms in total. The van der Waals surface area contributed by atoms with Crippen molar-refractivity contribution in [2.75, 3.05) is 12.4 Å². The van der Waals surface area contributed by atoms with Crippen LogP contribution in [0.3, 0.4) is 0 Å². The van der Waals surface area contributed by atoms with Crippen molar-refractivity contribution < 1.29 is 4.39 Å². The molecule has 0 unspecified atom stereocenters. The van der Waals surface area contributed by atoms with Crippen molar-refractivity contribution in [2.45, 2.75) is 19.4 Å². The number of alkyl halides is 1. The molecule has 0 fully saturated rings. The lowest BCUT2D eigenvalue weighted by atomic mass is 9.95. The van der Waals surface area contributed by atoms with Gasteiger partial charge in [0, 0.05) is 11.8 Å². The fraction of sp³-hybridized carbons (Fsp3) is 0.364. The van der Waals surface area contributed by atoms with Crippen LogP contribution in [0.25, 0.3) is 11.4 Å². The van der Waals surface area contributed by atoms with Crippen LogP contribution in [0.5, 0.6) is 0 Å². The normalized spacial score (nSPS) is 13.2. The zero-order chi connectivity index (χ0) is 11.8. The van der Waals surface area contributed by atoms with E-state index in [2.05, 4.69) is 15.1 Å². The fourth-order valence-corrected chi connectivity index (χ4v) is 2.21. The largest absolute Gasteiger partial charge is 0.368 e. The standard InChI is InChI=1S/C11H12FN5/c12-3-4-17-10-8(6-15-17)2-1-7-5-14-11(13)16-9(7)10/h5-6H,1-4H2,(H2,13,14,16). The van der Waals surface area contributed by atoms with E-state index in [1.165, 1.54) is 0 Å². The van der Waals surface area contributed by atoms with Gasteiger partial charge in [0.25, 0.3) is 0 Å². The van der Waals surface area contributed by atoms with Crippen LogP contribution in [0.2, 0.25) is 0 Å². The minimum absolute atomic E-state index is 0.240. The molecule has 6 heteroatoms. The molecule has 2 aromatic heterocycles. The zero-order valence-electron chi connectivity index (χ0n) is 9.23. The van der Waals surface area contributed by atoms with Crippen molar-refractivity contribution in [3.8, 4) is 11.4 Å². The molecule has 1 aliphatic rings. The van der Waals surface area contributed by atoms with Crippen LogP contribution in [-0.2, 0) is 19.4 Å². The number of aromatic nitrogens is 4. The molecule has 0 radical (unpaired) electrons. The molecular weight excluding hydrogens is 221 g/mol. The summed E-state index contributed by atoms with van der Waals surface area (Å²) in [5.74, 6) is 0.240. The molecular formula is C11H12FN5. The summed E-state index contributed by atoms with van der Waals surface area (Å²) in [6, 6.07) is 0. The molecule has 0 amide bonds. The Morgan fingerprint density at radius 1 is 1.29 bits per heavy atom. The molecule has 0 saturated heterocycles. The van der Waals surface area contributed by atoms with Gasteiger partial charge in [-0.1, -0.05) is 0 Å². The fourth-order valence-electron chi connectivity index (χ4n) is 2.21. The molecule has 2 N–H and O–H groups in total. The summed E-state index contributed by atoms with van der Waals surface area (Å²) in [4.78, 5) is 8.24. The number of nitrogen functional groups attached to an aromatic ring is 1. The van der Waals surface area contributed by atoms with Crippen LogP contribution in [0.4, 0.5) is 10.3 Å². The molecule has 0 aromatic carbocycles. The van der Waals surface area contributed by atoms with E-state index >= 15 is 0 Å². The summed E-state index contributed by atoms with van der Waals surface area (Å²) in [7, 11) is 0. The number of anilines is 1. The number of nitrogens with two attached hydrogens (primary N) is 1. The molecule has 1 aliphatic carbocycles. The number of fused-ring (bicyclic) bond motifs is 3. The summed E-state index contributed by atoms with van der Waals surface area (Å²) >= 11 is 0. The maximum atomic E-state index is 12.5. The van der Waals surface area contributed by atoms with Gasteiger partial charge in [0.2, 0.25) is 5.95 Å². The first-order chi connectivity index (χ1) is 8.29. The molecule has 17 heavy (non-hydrogen) atoms. The third-order valence-corrected chi connectivity index (χ3v) is 2.98. The van der Waals surface area contributed by atoms with Gasteiger partial charge in [0.1, 0.15) is 6.67 Å². The van der Waals surface area contributed by atoms with Crippen LogP contribution < -0.4 is 5.73 Å². The van der Waals surface area contributed by atoms with Crippen molar-refractivity contribution in [3.63, 3.8) is 0 Å². The average Bonchev–Trinajstić information content (AvgIpc) is 2.73. The highest BCUT2D eigenvalue weighted by Gasteiger charge is 2.22. The quantitative estimate of drug-likeness (QED) is 0.839. The number of hydrogen-bond donors (Lipinski definition) is 1. The Balaban J connectivity index is 2.19. The summed E-state index contributed by atoms with van der Waals surface area (Å²) in [6.45, 7) is -0.192. The number of halogens is 1. The van der Waals surface area contributed by atoms with Gasteiger partial charge in [-0.3, -0.25) is 4.68 Å². The highest BCUT2D eigenvalue weighted by Crippen LogP contribution is 2.31. The first kappa shape index (κ1) is 10.2. The van der Waals surface area contributed by atoms with Crippen molar-refractivity contribution in [2.24, 2.45) is 0 Å². The Hall–Kier alpha value is -1.98. The van der Waals surface area contributed by atoms with Gasteiger partial charge in [-0.2, -0.15) is 5.10 Å². The first-order valence-electron chi connectivity index (χ1n) is 5.52. The Labute approximate surface area is 97.5 Å². The Morgan fingerprint density at radius 2 is 2.12 bits per heavy atom. The second-order valence-corrected chi connectivity index (χ2v) is 4.03. The molecule has 2 aromatic rings. The smallest absolute Gasteiger partial charge is 0.220 e. The minimum atomic E-state index is -0.440. The van der Waals surface area contributed by atoms with Crippen LogP contribution in [-0.4, -0.2) is 26.4 Å². The maximum absolute atomic E-state index is 12.5.